The summed E-state index contributed by atoms with van der Waals surface area (Å²) in [5, 5.41) is 4.52. The van der Waals surface area contributed by atoms with Crippen LogP contribution in [0.4, 0.5) is 4.79 Å². The van der Waals surface area contributed by atoms with Crippen LogP contribution in [-0.4, -0.2) is 66.5 Å². The number of carbonyl (C=O) groups excluding carboxylic acids is 4. The van der Waals surface area contributed by atoms with Crippen molar-refractivity contribution in [3.63, 3.8) is 0 Å². The summed E-state index contributed by atoms with van der Waals surface area (Å²) in [6.07, 6.45) is 0.237. The van der Waals surface area contributed by atoms with Gasteiger partial charge in [0.25, 0.3) is 11.8 Å². The number of benzene rings is 3. The van der Waals surface area contributed by atoms with Gasteiger partial charge in [0.2, 0.25) is 0 Å². The SMILES string of the molecule is O=C(CCCNC(=O)c1cccc(C(=O)NN2CCN(C(=O)OCc3ccccc3)CC2)c1)OCc1ccccc1. The quantitative estimate of drug-likeness (QED) is 0.273. The summed E-state index contributed by atoms with van der Waals surface area (Å²) in [4.78, 5) is 51.3. The maximum Gasteiger partial charge on any atom is 0.410 e. The average Bonchev–Trinajstić information content (AvgIpc) is 3.02. The molecule has 0 unspecified atom stereocenters. The van der Waals surface area contributed by atoms with Crippen LogP contribution in [0.3, 0.4) is 0 Å². The van der Waals surface area contributed by atoms with Gasteiger partial charge >= 0.3 is 12.1 Å². The first-order valence-electron chi connectivity index (χ1n) is 13.6. The van der Waals surface area contributed by atoms with Gasteiger partial charge in [-0.25, -0.2) is 9.80 Å². The van der Waals surface area contributed by atoms with Gasteiger partial charge in [-0.05, 0) is 35.7 Å². The number of nitrogens with one attached hydrogen (secondary N) is 2. The van der Waals surface area contributed by atoms with E-state index in [0.717, 1.165) is 11.1 Å². The fraction of sp³-hybridized carbons (Fsp3) is 0.290. The van der Waals surface area contributed by atoms with E-state index in [1.54, 1.807) is 28.1 Å². The Morgan fingerprint density at radius 2 is 1.27 bits per heavy atom. The molecule has 1 saturated heterocycles. The summed E-state index contributed by atoms with van der Waals surface area (Å²) in [7, 11) is 0. The van der Waals surface area contributed by atoms with Gasteiger partial charge in [-0.1, -0.05) is 66.7 Å². The number of carbonyl (C=O) groups is 4. The molecule has 1 aliphatic rings. The number of rotatable bonds is 11. The Kier molecular flexibility index (Phi) is 10.8. The van der Waals surface area contributed by atoms with Gasteiger partial charge in [0.05, 0.1) is 0 Å². The lowest BCUT2D eigenvalue weighted by Gasteiger charge is -2.34. The van der Waals surface area contributed by atoms with Gasteiger partial charge in [-0.15, -0.1) is 0 Å². The Morgan fingerprint density at radius 3 is 1.90 bits per heavy atom. The van der Waals surface area contributed by atoms with Crippen LogP contribution in [0.2, 0.25) is 0 Å². The fourth-order valence-corrected chi connectivity index (χ4v) is 4.17. The molecule has 214 valence electrons. The summed E-state index contributed by atoms with van der Waals surface area (Å²) in [6, 6.07) is 25.3. The standard InChI is InChI=1S/C31H34N4O6/c36-28(40-22-24-9-3-1-4-10-24)15-8-16-32-29(37)26-13-7-14-27(21-26)30(38)33-35-19-17-34(18-20-35)31(39)41-23-25-11-5-2-6-12-25/h1-7,9-14,21H,8,15-20,22-23H2,(H,32,37)(H,33,38). The summed E-state index contributed by atoms with van der Waals surface area (Å²) < 4.78 is 10.6. The van der Waals surface area contributed by atoms with Gasteiger partial charge in [0.15, 0.2) is 0 Å². The minimum atomic E-state index is -0.386. The van der Waals surface area contributed by atoms with Crippen LogP contribution in [0, 0.1) is 0 Å². The fourth-order valence-electron chi connectivity index (χ4n) is 4.17. The average molecular weight is 559 g/mol. The number of hydrazine groups is 1. The Balaban J connectivity index is 1.14. The molecule has 4 rings (SSSR count). The molecular weight excluding hydrogens is 524 g/mol. The number of hydrogen-bond donors (Lipinski definition) is 2. The lowest BCUT2D eigenvalue weighted by Crippen LogP contribution is -2.54. The molecule has 0 radical (unpaired) electrons. The molecule has 0 aromatic heterocycles. The van der Waals surface area contributed by atoms with Crippen molar-refractivity contribution in [3.8, 4) is 0 Å². The number of esters is 1. The van der Waals surface area contributed by atoms with Crippen LogP contribution < -0.4 is 10.7 Å². The van der Waals surface area contributed by atoms with Crippen molar-refractivity contribution >= 4 is 23.9 Å². The van der Waals surface area contributed by atoms with E-state index in [-0.39, 0.29) is 43.5 Å². The second-order valence-corrected chi connectivity index (χ2v) is 9.54. The zero-order valence-corrected chi connectivity index (χ0v) is 22.8. The molecular formula is C31H34N4O6. The Hall–Kier alpha value is -4.70. The monoisotopic (exact) mass is 558 g/mol. The van der Waals surface area contributed by atoms with Gasteiger partial charge in [-0.3, -0.25) is 19.8 Å². The third kappa shape index (κ3) is 9.47. The van der Waals surface area contributed by atoms with Crippen molar-refractivity contribution in [2.45, 2.75) is 26.1 Å². The Labute approximate surface area is 239 Å². The van der Waals surface area contributed by atoms with Crippen molar-refractivity contribution in [3.05, 3.63) is 107 Å². The number of nitrogens with zero attached hydrogens (tertiary/aromatic N) is 2. The summed E-state index contributed by atoms with van der Waals surface area (Å²) in [5.41, 5.74) is 5.36. The molecule has 0 bridgehead atoms. The van der Waals surface area contributed by atoms with E-state index < -0.39 is 0 Å². The highest BCUT2D eigenvalue weighted by Gasteiger charge is 2.23. The molecule has 10 heteroatoms. The first-order valence-corrected chi connectivity index (χ1v) is 13.6. The smallest absolute Gasteiger partial charge is 0.410 e. The minimum Gasteiger partial charge on any atom is -0.461 e. The van der Waals surface area contributed by atoms with Crippen LogP contribution in [0.5, 0.6) is 0 Å². The van der Waals surface area contributed by atoms with Gasteiger partial charge in [-0.2, -0.15) is 0 Å². The topological polar surface area (TPSA) is 117 Å². The zero-order chi connectivity index (χ0) is 28.9. The van der Waals surface area contributed by atoms with Crippen LogP contribution in [-0.2, 0) is 27.5 Å². The second kappa shape index (κ2) is 15.2. The second-order valence-electron chi connectivity index (χ2n) is 9.54. The molecule has 0 aliphatic carbocycles. The van der Waals surface area contributed by atoms with E-state index in [1.165, 1.54) is 6.07 Å². The number of amides is 3. The van der Waals surface area contributed by atoms with E-state index in [0.29, 0.717) is 50.3 Å². The predicted molar refractivity (Wildman–Crippen MR) is 151 cm³/mol. The molecule has 3 amide bonds. The molecule has 3 aromatic rings. The van der Waals surface area contributed by atoms with Crippen molar-refractivity contribution in [1.29, 1.82) is 0 Å². The minimum absolute atomic E-state index is 0.188. The Morgan fingerprint density at radius 1 is 0.683 bits per heavy atom. The number of ether oxygens (including phenoxy) is 2. The van der Waals surface area contributed by atoms with Gasteiger partial charge in [0.1, 0.15) is 13.2 Å². The summed E-state index contributed by atoms with van der Waals surface area (Å²) in [5.74, 6) is -1.01. The van der Waals surface area contributed by atoms with Crippen molar-refractivity contribution in [2.24, 2.45) is 0 Å². The molecule has 0 saturated carbocycles. The lowest BCUT2D eigenvalue weighted by atomic mass is 10.1. The van der Waals surface area contributed by atoms with Crippen LogP contribution in [0.15, 0.2) is 84.9 Å². The van der Waals surface area contributed by atoms with Crippen molar-refractivity contribution in [1.82, 2.24) is 20.7 Å². The molecule has 1 heterocycles. The van der Waals surface area contributed by atoms with E-state index in [9.17, 15) is 19.2 Å². The van der Waals surface area contributed by atoms with E-state index >= 15 is 0 Å². The van der Waals surface area contributed by atoms with Crippen LogP contribution >= 0.6 is 0 Å². The summed E-state index contributed by atoms with van der Waals surface area (Å²) >= 11 is 0. The maximum atomic E-state index is 12.8. The lowest BCUT2D eigenvalue weighted by molar-refractivity contribution is -0.145. The van der Waals surface area contributed by atoms with E-state index in [4.69, 9.17) is 9.47 Å². The highest BCUT2D eigenvalue weighted by Crippen LogP contribution is 2.09. The Bertz CT molecular complexity index is 1310. The van der Waals surface area contributed by atoms with Gasteiger partial charge in [0, 0.05) is 50.3 Å². The highest BCUT2D eigenvalue weighted by molar-refractivity contribution is 5.99. The first-order chi connectivity index (χ1) is 20.0. The third-order valence-corrected chi connectivity index (χ3v) is 6.48. The molecule has 1 aliphatic heterocycles. The third-order valence-electron chi connectivity index (χ3n) is 6.48. The number of piperazine rings is 1. The number of hydrogen-bond acceptors (Lipinski definition) is 7. The zero-order valence-electron chi connectivity index (χ0n) is 22.8. The summed E-state index contributed by atoms with van der Waals surface area (Å²) in [6.45, 7) is 2.44. The van der Waals surface area contributed by atoms with Gasteiger partial charge < -0.3 is 19.7 Å². The van der Waals surface area contributed by atoms with Crippen molar-refractivity contribution in [2.75, 3.05) is 32.7 Å². The molecule has 0 atom stereocenters. The molecule has 41 heavy (non-hydrogen) atoms. The first kappa shape index (κ1) is 29.3. The van der Waals surface area contributed by atoms with Crippen molar-refractivity contribution < 1.29 is 28.7 Å². The molecule has 3 aromatic carbocycles. The predicted octanol–water partition coefficient (Wildman–Crippen LogP) is 3.54. The maximum absolute atomic E-state index is 12.8. The van der Waals surface area contributed by atoms with Crippen LogP contribution in [0.25, 0.3) is 0 Å². The van der Waals surface area contributed by atoms with E-state index in [1.807, 2.05) is 60.7 Å². The van der Waals surface area contributed by atoms with Crippen LogP contribution in [0.1, 0.15) is 44.7 Å². The normalized spacial score (nSPS) is 13.2. The molecule has 10 nitrogen and oxygen atoms in total. The molecule has 0 spiro atoms. The van der Waals surface area contributed by atoms with E-state index in [2.05, 4.69) is 10.7 Å². The molecule has 2 N–H and O–H groups in total. The largest absolute Gasteiger partial charge is 0.461 e. The molecule has 1 fully saturated rings. The highest BCUT2D eigenvalue weighted by atomic mass is 16.6.